The highest BCUT2D eigenvalue weighted by molar-refractivity contribution is 9.10. The number of benzene rings is 3. The fourth-order valence-electron chi connectivity index (χ4n) is 4.18. The molecule has 0 aliphatic carbocycles. The topological polar surface area (TPSA) is 89.0 Å². The van der Waals surface area contributed by atoms with Gasteiger partial charge in [0, 0.05) is 10.0 Å². The molecule has 0 spiro atoms. The Morgan fingerprint density at radius 2 is 1.83 bits per heavy atom. The summed E-state index contributed by atoms with van der Waals surface area (Å²) in [5.74, 6) is -0.477. The van der Waals surface area contributed by atoms with Gasteiger partial charge in [-0.05, 0) is 67.1 Å². The molecule has 36 heavy (non-hydrogen) atoms. The van der Waals surface area contributed by atoms with Crippen molar-refractivity contribution in [2.45, 2.75) is 13.0 Å². The van der Waals surface area contributed by atoms with Crippen LogP contribution in [0.2, 0.25) is 0 Å². The molecular formula is C27H21BrN2O5S. The Labute approximate surface area is 219 Å². The van der Waals surface area contributed by atoms with Crippen LogP contribution < -0.4 is 14.4 Å². The largest absolute Gasteiger partial charge is 0.507 e. The summed E-state index contributed by atoms with van der Waals surface area (Å²) in [6.45, 7) is 2.39. The van der Waals surface area contributed by atoms with Gasteiger partial charge in [0.15, 0.2) is 5.13 Å². The molecule has 182 valence electrons. The number of methoxy groups -OCH3 is 1. The van der Waals surface area contributed by atoms with Crippen molar-refractivity contribution in [1.82, 2.24) is 4.98 Å². The van der Waals surface area contributed by atoms with Gasteiger partial charge in [-0.3, -0.25) is 14.5 Å². The zero-order chi connectivity index (χ0) is 25.4. The van der Waals surface area contributed by atoms with Crippen LogP contribution in [-0.4, -0.2) is 35.5 Å². The molecule has 1 aliphatic heterocycles. The van der Waals surface area contributed by atoms with Crippen LogP contribution in [-0.2, 0) is 9.59 Å². The van der Waals surface area contributed by atoms with Crippen LogP contribution >= 0.6 is 27.3 Å². The van der Waals surface area contributed by atoms with Gasteiger partial charge >= 0.3 is 5.91 Å². The number of ketones is 1. The van der Waals surface area contributed by atoms with Gasteiger partial charge in [0.2, 0.25) is 0 Å². The third kappa shape index (κ3) is 4.25. The summed E-state index contributed by atoms with van der Waals surface area (Å²) in [5, 5.41) is 11.7. The third-order valence-corrected chi connectivity index (χ3v) is 7.35. The molecule has 4 aromatic rings. The lowest BCUT2D eigenvalue weighted by atomic mass is 9.95. The highest BCUT2D eigenvalue weighted by Gasteiger charge is 2.48. The van der Waals surface area contributed by atoms with Crippen molar-refractivity contribution in [3.05, 3.63) is 87.9 Å². The van der Waals surface area contributed by atoms with E-state index in [0.29, 0.717) is 39.9 Å². The van der Waals surface area contributed by atoms with E-state index < -0.39 is 17.7 Å². The number of rotatable bonds is 6. The number of amides is 1. The van der Waals surface area contributed by atoms with Crippen molar-refractivity contribution in [2.75, 3.05) is 18.6 Å². The van der Waals surface area contributed by atoms with Crippen LogP contribution in [0.3, 0.4) is 0 Å². The minimum Gasteiger partial charge on any atom is -0.507 e. The first-order valence-electron chi connectivity index (χ1n) is 11.2. The van der Waals surface area contributed by atoms with E-state index in [2.05, 4.69) is 20.9 Å². The van der Waals surface area contributed by atoms with E-state index in [1.165, 1.54) is 16.2 Å². The molecule has 1 amide bonds. The minimum absolute atomic E-state index is 0.000837. The number of anilines is 1. The number of halogens is 1. The van der Waals surface area contributed by atoms with Gasteiger partial charge < -0.3 is 14.6 Å². The highest BCUT2D eigenvalue weighted by atomic mass is 79.9. The molecule has 3 aromatic carbocycles. The number of ether oxygens (including phenoxy) is 2. The molecule has 0 radical (unpaired) electrons. The minimum atomic E-state index is -0.864. The monoisotopic (exact) mass is 564 g/mol. The average molecular weight is 565 g/mol. The highest BCUT2D eigenvalue weighted by Crippen LogP contribution is 2.45. The molecule has 1 N–H and O–H groups in total. The zero-order valence-corrected chi connectivity index (χ0v) is 21.8. The normalized spacial score (nSPS) is 17.1. The number of fused-ring (bicyclic) bond motifs is 1. The molecule has 9 heteroatoms. The Balaban J connectivity index is 1.68. The second-order valence-electron chi connectivity index (χ2n) is 8.01. The van der Waals surface area contributed by atoms with E-state index >= 15 is 0 Å². The van der Waals surface area contributed by atoms with E-state index in [4.69, 9.17) is 9.47 Å². The summed E-state index contributed by atoms with van der Waals surface area (Å²) in [4.78, 5) is 32.8. The molecule has 1 atom stereocenters. The van der Waals surface area contributed by atoms with Crippen molar-refractivity contribution >= 4 is 60.1 Å². The van der Waals surface area contributed by atoms with E-state index in [-0.39, 0.29) is 11.3 Å². The summed E-state index contributed by atoms with van der Waals surface area (Å²) in [6.07, 6.45) is 0. The fraction of sp³-hybridized carbons (Fsp3) is 0.148. The Morgan fingerprint density at radius 3 is 2.53 bits per heavy atom. The number of Topliss-reactive ketones (excluding diaryl/α,β-unsaturated/α-hetero) is 1. The molecule has 1 fully saturated rings. The van der Waals surface area contributed by atoms with E-state index in [0.717, 1.165) is 9.17 Å². The Morgan fingerprint density at radius 1 is 1.08 bits per heavy atom. The van der Waals surface area contributed by atoms with Crippen molar-refractivity contribution in [3.63, 3.8) is 0 Å². The van der Waals surface area contributed by atoms with Gasteiger partial charge in [0.1, 0.15) is 17.3 Å². The van der Waals surface area contributed by atoms with Gasteiger partial charge in [-0.1, -0.05) is 39.4 Å². The lowest BCUT2D eigenvalue weighted by Crippen LogP contribution is -2.29. The second kappa shape index (κ2) is 9.75. The number of carbonyl (C=O) groups excluding carboxylic acids is 2. The van der Waals surface area contributed by atoms with E-state index in [9.17, 15) is 14.7 Å². The van der Waals surface area contributed by atoms with Crippen LogP contribution in [0.15, 0.2) is 76.8 Å². The lowest BCUT2D eigenvalue weighted by Gasteiger charge is -2.23. The van der Waals surface area contributed by atoms with Gasteiger partial charge in [-0.15, -0.1) is 0 Å². The zero-order valence-electron chi connectivity index (χ0n) is 19.4. The molecule has 1 aliphatic rings. The molecule has 0 unspecified atom stereocenters. The molecule has 5 rings (SSSR count). The maximum absolute atomic E-state index is 13.4. The predicted molar refractivity (Wildman–Crippen MR) is 143 cm³/mol. The standard InChI is InChI=1S/C27H21BrN2O5S/c1-3-35-18-9-7-15(8-10-18)24(31)22-23(16-5-4-6-17(28)13-16)30(26(33)25(22)32)27-29-20-12-11-19(34-2)14-21(20)36-27/h4-14,23,31H,3H2,1-2H3/t23-/m1/s1. The summed E-state index contributed by atoms with van der Waals surface area (Å²) in [5.41, 5.74) is 1.75. The van der Waals surface area contributed by atoms with Gasteiger partial charge in [0.05, 0.1) is 35.5 Å². The molecule has 7 nitrogen and oxygen atoms in total. The van der Waals surface area contributed by atoms with Gasteiger partial charge in [-0.25, -0.2) is 4.98 Å². The third-order valence-electron chi connectivity index (χ3n) is 5.84. The van der Waals surface area contributed by atoms with Crippen molar-refractivity contribution in [3.8, 4) is 11.5 Å². The molecule has 0 bridgehead atoms. The van der Waals surface area contributed by atoms with Crippen molar-refractivity contribution in [1.29, 1.82) is 0 Å². The Hall–Kier alpha value is -3.69. The Kier molecular flexibility index (Phi) is 6.51. The SMILES string of the molecule is CCOc1ccc(C(O)=C2C(=O)C(=O)N(c3nc4ccc(OC)cc4s3)[C@@H]2c2cccc(Br)c2)cc1. The summed E-state index contributed by atoms with van der Waals surface area (Å²) >= 11 is 4.76. The van der Waals surface area contributed by atoms with Gasteiger partial charge in [-0.2, -0.15) is 0 Å². The first-order chi connectivity index (χ1) is 17.4. The van der Waals surface area contributed by atoms with Crippen LogP contribution in [0.1, 0.15) is 24.1 Å². The average Bonchev–Trinajstić information content (AvgIpc) is 3.42. The molecule has 2 heterocycles. The van der Waals surface area contributed by atoms with Crippen LogP contribution in [0, 0.1) is 0 Å². The van der Waals surface area contributed by atoms with Crippen LogP contribution in [0.4, 0.5) is 5.13 Å². The second-order valence-corrected chi connectivity index (χ2v) is 9.94. The summed E-state index contributed by atoms with van der Waals surface area (Å²) in [6, 6.07) is 18.6. The maximum Gasteiger partial charge on any atom is 0.301 e. The number of aromatic nitrogens is 1. The quantitative estimate of drug-likeness (QED) is 0.173. The number of thiazole rings is 1. The smallest absolute Gasteiger partial charge is 0.301 e. The number of aliphatic hydroxyl groups is 1. The number of carbonyl (C=O) groups is 2. The van der Waals surface area contributed by atoms with Crippen LogP contribution in [0.25, 0.3) is 16.0 Å². The number of aliphatic hydroxyl groups excluding tert-OH is 1. The lowest BCUT2D eigenvalue weighted by molar-refractivity contribution is -0.132. The molecule has 0 saturated carbocycles. The number of hydrogen-bond acceptors (Lipinski definition) is 7. The molecule has 1 aromatic heterocycles. The summed E-state index contributed by atoms with van der Waals surface area (Å²) in [7, 11) is 1.58. The van der Waals surface area contributed by atoms with E-state index in [1.54, 1.807) is 43.5 Å². The van der Waals surface area contributed by atoms with Crippen molar-refractivity contribution < 1.29 is 24.2 Å². The number of hydrogen-bond donors (Lipinski definition) is 1. The Bertz CT molecular complexity index is 1510. The van der Waals surface area contributed by atoms with E-state index in [1.807, 2.05) is 37.3 Å². The van der Waals surface area contributed by atoms with Crippen molar-refractivity contribution in [2.24, 2.45) is 0 Å². The first-order valence-corrected chi connectivity index (χ1v) is 12.8. The fourth-order valence-corrected chi connectivity index (χ4v) is 5.61. The first kappa shape index (κ1) is 24.0. The number of nitrogens with zero attached hydrogens (tertiary/aromatic N) is 2. The summed E-state index contributed by atoms with van der Waals surface area (Å²) < 4.78 is 12.4. The molecular weight excluding hydrogens is 544 g/mol. The van der Waals surface area contributed by atoms with Crippen LogP contribution in [0.5, 0.6) is 11.5 Å². The maximum atomic E-state index is 13.4. The van der Waals surface area contributed by atoms with Gasteiger partial charge in [0.25, 0.3) is 5.78 Å². The predicted octanol–water partition coefficient (Wildman–Crippen LogP) is 6.09. The molecule has 1 saturated heterocycles.